The molecule has 1 fully saturated rings. The maximum absolute atomic E-state index is 15.2. The number of anilines is 1. The minimum atomic E-state index is -1.54. The molecule has 0 saturated carbocycles. The summed E-state index contributed by atoms with van der Waals surface area (Å²) in [5.41, 5.74) is -0.495. The zero-order valence-electron chi connectivity index (χ0n) is 18.9. The Balaban J connectivity index is 1.58. The highest BCUT2D eigenvalue weighted by atomic mass is 19.1. The molecule has 2 heterocycles. The highest BCUT2D eigenvalue weighted by Crippen LogP contribution is 2.30. The molecule has 0 radical (unpaired) electrons. The highest BCUT2D eigenvalue weighted by molar-refractivity contribution is 5.94. The van der Waals surface area contributed by atoms with Gasteiger partial charge in [-0.3, -0.25) is 9.79 Å². The minimum Gasteiger partial charge on any atom is -0.477 e. The Kier molecular flexibility index (Phi) is 6.05. The van der Waals surface area contributed by atoms with Gasteiger partial charge in [-0.15, -0.1) is 0 Å². The van der Waals surface area contributed by atoms with Gasteiger partial charge in [0.1, 0.15) is 23.0 Å². The molecule has 1 saturated heterocycles. The molecule has 1 aliphatic rings. The van der Waals surface area contributed by atoms with Crippen molar-refractivity contribution in [3.63, 3.8) is 0 Å². The summed E-state index contributed by atoms with van der Waals surface area (Å²) in [6.07, 6.45) is 3.42. The lowest BCUT2D eigenvalue weighted by molar-refractivity contribution is 0.0695. The third kappa shape index (κ3) is 4.35. The number of nitrogens with zero attached hydrogens (tertiary/aromatic N) is 3. The fourth-order valence-corrected chi connectivity index (χ4v) is 4.42. The molecule has 6 nitrogen and oxygen atoms in total. The average molecular weight is 491 g/mol. The van der Waals surface area contributed by atoms with Crippen LogP contribution in [0, 0.1) is 17.5 Å². The molecular formula is C27H20F3N3O3. The number of hydrogen-bond donors (Lipinski definition) is 1. The van der Waals surface area contributed by atoms with Crippen molar-refractivity contribution in [3.8, 4) is 5.69 Å². The van der Waals surface area contributed by atoms with E-state index in [9.17, 15) is 23.5 Å². The molecule has 3 aromatic carbocycles. The smallest absolute Gasteiger partial charge is 0.341 e. The van der Waals surface area contributed by atoms with Crippen LogP contribution in [0.3, 0.4) is 0 Å². The molecule has 0 aliphatic carbocycles. The largest absolute Gasteiger partial charge is 0.477 e. The summed E-state index contributed by atoms with van der Waals surface area (Å²) in [6.45, 7) is 0.926. The van der Waals surface area contributed by atoms with Crippen LogP contribution in [0.4, 0.5) is 18.9 Å². The Labute approximate surface area is 203 Å². The topological polar surface area (TPSA) is 74.9 Å². The number of carbonyl (C=O) groups is 1. The molecule has 1 aromatic heterocycles. The second-order valence-corrected chi connectivity index (χ2v) is 8.54. The number of pyridine rings is 1. The first-order valence-corrected chi connectivity index (χ1v) is 11.2. The summed E-state index contributed by atoms with van der Waals surface area (Å²) >= 11 is 0. The number of hydrogen-bond acceptors (Lipinski definition) is 4. The van der Waals surface area contributed by atoms with Crippen molar-refractivity contribution < 1.29 is 23.1 Å². The molecule has 0 spiro atoms. The van der Waals surface area contributed by atoms with Gasteiger partial charge in [0.25, 0.3) is 0 Å². The van der Waals surface area contributed by atoms with E-state index < -0.39 is 34.4 Å². The van der Waals surface area contributed by atoms with Crippen LogP contribution in [0.1, 0.15) is 22.3 Å². The summed E-state index contributed by atoms with van der Waals surface area (Å²) in [6, 6.07) is 14.7. The first kappa shape index (κ1) is 23.3. The van der Waals surface area contributed by atoms with Crippen molar-refractivity contribution in [2.24, 2.45) is 4.99 Å². The number of halogens is 3. The second-order valence-electron chi connectivity index (χ2n) is 8.54. The van der Waals surface area contributed by atoms with E-state index in [1.807, 2.05) is 30.3 Å². The van der Waals surface area contributed by atoms with Gasteiger partial charge < -0.3 is 14.6 Å². The lowest BCUT2D eigenvalue weighted by Crippen LogP contribution is -2.23. The predicted octanol–water partition coefficient (Wildman–Crippen LogP) is 4.80. The molecule has 1 atom stereocenters. The first-order chi connectivity index (χ1) is 17.3. The highest BCUT2D eigenvalue weighted by Gasteiger charge is 2.26. The van der Waals surface area contributed by atoms with Gasteiger partial charge in [0, 0.05) is 37.0 Å². The fraction of sp³-hybridized carbons (Fsp3) is 0.148. The Bertz CT molecular complexity index is 1570. The van der Waals surface area contributed by atoms with Gasteiger partial charge in [-0.2, -0.15) is 0 Å². The molecular weight excluding hydrogens is 471 g/mol. The van der Waals surface area contributed by atoms with E-state index in [0.717, 1.165) is 34.5 Å². The normalized spacial score (nSPS) is 15.8. The number of aliphatic imine (C=N–C) groups is 1. The number of fused-ring (bicyclic) bond motifs is 1. The Morgan fingerprint density at radius 3 is 2.47 bits per heavy atom. The van der Waals surface area contributed by atoms with Crippen LogP contribution in [0.15, 0.2) is 76.6 Å². The fourth-order valence-electron chi connectivity index (χ4n) is 4.42. The Morgan fingerprint density at radius 2 is 1.75 bits per heavy atom. The van der Waals surface area contributed by atoms with E-state index in [1.54, 1.807) is 11.1 Å². The lowest BCUT2D eigenvalue weighted by Gasteiger charge is -2.21. The average Bonchev–Trinajstić information content (AvgIpc) is 3.33. The maximum Gasteiger partial charge on any atom is 0.341 e. The van der Waals surface area contributed by atoms with Crippen LogP contribution < -0.4 is 10.3 Å². The summed E-state index contributed by atoms with van der Waals surface area (Å²) in [7, 11) is 0. The SMILES string of the molecule is O=C(O)c1cn(-c2ccc(F)cc2F)c2cc(N3CCC(N=Cc4ccccc4)C3)c(F)cc2c1=O. The van der Waals surface area contributed by atoms with Crippen LogP contribution in [-0.2, 0) is 0 Å². The standard InChI is InChI=1S/C27H20F3N3O3/c28-17-6-7-23(21(29)10-17)33-15-20(27(35)36)26(34)19-11-22(30)25(12-24(19)33)32-9-8-18(14-32)31-13-16-4-2-1-3-5-16/h1-7,10-13,15,18H,8-9,14H2,(H,35,36). The van der Waals surface area contributed by atoms with Gasteiger partial charge in [-0.05, 0) is 36.2 Å². The predicted molar refractivity (Wildman–Crippen MR) is 131 cm³/mol. The zero-order valence-corrected chi connectivity index (χ0v) is 18.9. The minimum absolute atomic E-state index is 0.0774. The van der Waals surface area contributed by atoms with E-state index in [-0.39, 0.29) is 28.3 Å². The molecule has 0 amide bonds. The van der Waals surface area contributed by atoms with Gasteiger partial charge in [0.05, 0.1) is 22.9 Å². The number of benzene rings is 3. The van der Waals surface area contributed by atoms with Crippen LogP contribution in [0.2, 0.25) is 0 Å². The molecule has 36 heavy (non-hydrogen) atoms. The molecule has 0 bridgehead atoms. The lowest BCUT2D eigenvalue weighted by atomic mass is 10.1. The summed E-state index contributed by atoms with van der Waals surface area (Å²) in [4.78, 5) is 30.8. The van der Waals surface area contributed by atoms with E-state index in [2.05, 4.69) is 4.99 Å². The van der Waals surface area contributed by atoms with Crippen LogP contribution in [-0.4, -0.2) is 41.0 Å². The number of rotatable bonds is 5. The van der Waals surface area contributed by atoms with Gasteiger partial charge in [-0.25, -0.2) is 18.0 Å². The molecule has 1 N–H and O–H groups in total. The van der Waals surface area contributed by atoms with Crippen LogP contribution in [0.25, 0.3) is 16.6 Å². The zero-order chi connectivity index (χ0) is 25.4. The van der Waals surface area contributed by atoms with Crippen molar-refractivity contribution in [3.05, 3.63) is 106 Å². The van der Waals surface area contributed by atoms with Crippen molar-refractivity contribution in [1.82, 2.24) is 4.57 Å². The van der Waals surface area contributed by atoms with E-state index >= 15 is 4.39 Å². The molecule has 1 aliphatic heterocycles. The van der Waals surface area contributed by atoms with Crippen LogP contribution >= 0.6 is 0 Å². The van der Waals surface area contributed by atoms with Gasteiger partial charge in [0.15, 0.2) is 0 Å². The summed E-state index contributed by atoms with van der Waals surface area (Å²) in [5.74, 6) is -4.02. The molecule has 9 heteroatoms. The third-order valence-corrected chi connectivity index (χ3v) is 6.21. The Hall–Kier alpha value is -4.40. The molecule has 1 unspecified atom stereocenters. The number of carboxylic acid groups (broad SMARTS) is 1. The second kappa shape index (κ2) is 9.33. The van der Waals surface area contributed by atoms with Crippen LogP contribution in [0.5, 0.6) is 0 Å². The summed E-state index contributed by atoms with van der Waals surface area (Å²) in [5, 5.41) is 9.26. The molecule has 5 rings (SSSR count). The van der Waals surface area contributed by atoms with Crippen molar-refractivity contribution in [1.29, 1.82) is 0 Å². The Morgan fingerprint density at radius 1 is 1.00 bits per heavy atom. The number of aromatic nitrogens is 1. The van der Waals surface area contributed by atoms with E-state index in [4.69, 9.17) is 0 Å². The number of carboxylic acids is 1. The third-order valence-electron chi connectivity index (χ3n) is 6.21. The van der Waals surface area contributed by atoms with Gasteiger partial charge in [-0.1, -0.05) is 30.3 Å². The quantitative estimate of drug-likeness (QED) is 0.407. The molecule has 4 aromatic rings. The monoisotopic (exact) mass is 491 g/mol. The molecule has 182 valence electrons. The summed E-state index contributed by atoms with van der Waals surface area (Å²) < 4.78 is 44.6. The van der Waals surface area contributed by atoms with Gasteiger partial charge >= 0.3 is 5.97 Å². The van der Waals surface area contributed by atoms with E-state index in [0.29, 0.717) is 25.6 Å². The van der Waals surface area contributed by atoms with Crippen molar-refractivity contribution in [2.75, 3.05) is 18.0 Å². The van der Waals surface area contributed by atoms with Crippen molar-refractivity contribution >= 4 is 28.8 Å². The van der Waals surface area contributed by atoms with E-state index in [1.165, 1.54) is 6.07 Å². The number of aromatic carboxylic acids is 1. The van der Waals surface area contributed by atoms with Crippen molar-refractivity contribution in [2.45, 2.75) is 12.5 Å². The van der Waals surface area contributed by atoms with Gasteiger partial charge in [0.2, 0.25) is 5.43 Å². The first-order valence-electron chi connectivity index (χ1n) is 11.2. The maximum atomic E-state index is 15.2.